The van der Waals surface area contributed by atoms with E-state index in [1.807, 2.05) is 11.9 Å². The van der Waals surface area contributed by atoms with E-state index < -0.39 is 0 Å². The van der Waals surface area contributed by atoms with E-state index in [0.29, 0.717) is 6.61 Å². The van der Waals surface area contributed by atoms with Crippen molar-refractivity contribution in [2.75, 3.05) is 39.9 Å². The van der Waals surface area contributed by atoms with Gasteiger partial charge in [-0.25, -0.2) is 0 Å². The van der Waals surface area contributed by atoms with Gasteiger partial charge >= 0.3 is 0 Å². The number of hydrogen-bond acceptors (Lipinski definition) is 3. The Labute approximate surface area is 116 Å². The highest BCUT2D eigenvalue weighted by Gasteiger charge is 2.24. The molecule has 1 aliphatic carbocycles. The topological polar surface area (TPSA) is 41.6 Å². The summed E-state index contributed by atoms with van der Waals surface area (Å²) in [5, 5.41) is 3.28. The molecular weight excluding hydrogens is 252 g/mol. The molecule has 0 unspecified atom stereocenters. The van der Waals surface area contributed by atoms with Crippen LogP contribution in [0.3, 0.4) is 0 Å². The van der Waals surface area contributed by atoms with Crippen molar-refractivity contribution in [3.8, 4) is 0 Å². The van der Waals surface area contributed by atoms with E-state index in [9.17, 15) is 4.79 Å². The maximum absolute atomic E-state index is 12.1. The Bertz CT molecular complexity index is 253. The summed E-state index contributed by atoms with van der Waals surface area (Å²) in [5.41, 5.74) is 0. The smallest absolute Gasteiger partial charge is 0.226 e. The highest BCUT2D eigenvalue weighted by molar-refractivity contribution is 5.85. The van der Waals surface area contributed by atoms with Gasteiger partial charge in [-0.05, 0) is 38.1 Å². The lowest BCUT2D eigenvalue weighted by Gasteiger charge is -2.26. The third kappa shape index (κ3) is 5.12. The molecule has 1 atom stereocenters. The molecule has 4 nitrogen and oxygen atoms in total. The van der Waals surface area contributed by atoms with Gasteiger partial charge in [-0.2, -0.15) is 0 Å². The number of rotatable bonds is 6. The van der Waals surface area contributed by atoms with Gasteiger partial charge in [0.2, 0.25) is 5.91 Å². The first-order chi connectivity index (χ1) is 8.27. The number of nitrogens with one attached hydrogen (secondary N) is 1. The Hall–Kier alpha value is -0.320. The fourth-order valence-electron chi connectivity index (χ4n) is 2.22. The number of halogens is 1. The van der Waals surface area contributed by atoms with Crippen molar-refractivity contribution in [2.45, 2.75) is 25.7 Å². The molecule has 1 aliphatic heterocycles. The quantitative estimate of drug-likeness (QED) is 0.744. The zero-order valence-electron chi connectivity index (χ0n) is 11.2. The standard InChI is InChI=1S/C13H24N2O2.ClH/c1-15(7-8-17-10-11-4-5-11)13(16)12-3-2-6-14-9-12;/h11-12,14H,2-10H2,1H3;1H/t12-;/m1./s1. The minimum Gasteiger partial charge on any atom is -0.379 e. The number of piperidine rings is 1. The molecule has 1 N–H and O–H groups in total. The van der Waals surface area contributed by atoms with Crippen LogP contribution < -0.4 is 5.32 Å². The van der Waals surface area contributed by atoms with E-state index in [2.05, 4.69) is 5.32 Å². The Kier molecular flexibility index (Phi) is 6.97. The number of carbonyl (C=O) groups excluding carboxylic acids is 1. The second kappa shape index (κ2) is 7.97. The predicted octanol–water partition coefficient (Wildman–Crippen LogP) is 1.29. The van der Waals surface area contributed by atoms with E-state index in [1.165, 1.54) is 12.8 Å². The normalized spacial score (nSPS) is 23.3. The molecule has 0 bridgehead atoms. The van der Waals surface area contributed by atoms with Crippen LogP contribution in [0.5, 0.6) is 0 Å². The van der Waals surface area contributed by atoms with Crippen molar-refractivity contribution < 1.29 is 9.53 Å². The Morgan fingerprint density at radius 3 is 2.78 bits per heavy atom. The second-order valence-corrected chi connectivity index (χ2v) is 5.32. The minimum atomic E-state index is 0. The molecule has 1 saturated carbocycles. The van der Waals surface area contributed by atoms with Gasteiger partial charge in [0.25, 0.3) is 0 Å². The van der Waals surface area contributed by atoms with Crippen LogP contribution in [0.1, 0.15) is 25.7 Å². The predicted molar refractivity (Wildman–Crippen MR) is 74.0 cm³/mol. The fourth-order valence-corrected chi connectivity index (χ4v) is 2.22. The van der Waals surface area contributed by atoms with Gasteiger partial charge in [-0.1, -0.05) is 0 Å². The summed E-state index contributed by atoms with van der Waals surface area (Å²) >= 11 is 0. The van der Waals surface area contributed by atoms with Crippen molar-refractivity contribution in [1.82, 2.24) is 10.2 Å². The molecule has 2 aliphatic rings. The van der Waals surface area contributed by atoms with Crippen LogP contribution in [-0.2, 0) is 9.53 Å². The number of nitrogens with zero attached hydrogens (tertiary/aromatic N) is 1. The lowest BCUT2D eigenvalue weighted by Crippen LogP contribution is -2.42. The van der Waals surface area contributed by atoms with Gasteiger partial charge in [-0.3, -0.25) is 4.79 Å². The number of ether oxygens (including phenoxy) is 1. The first-order valence-electron chi connectivity index (χ1n) is 6.81. The van der Waals surface area contributed by atoms with E-state index in [4.69, 9.17) is 4.74 Å². The molecular formula is C13H25ClN2O2. The van der Waals surface area contributed by atoms with E-state index in [1.54, 1.807) is 0 Å². The summed E-state index contributed by atoms with van der Waals surface area (Å²) in [6.45, 7) is 4.18. The molecule has 2 fully saturated rings. The molecule has 5 heteroatoms. The zero-order chi connectivity index (χ0) is 12.1. The molecule has 18 heavy (non-hydrogen) atoms. The Balaban J connectivity index is 0.00000162. The average Bonchev–Trinajstić information content (AvgIpc) is 3.18. The van der Waals surface area contributed by atoms with Crippen LogP contribution in [0.2, 0.25) is 0 Å². The summed E-state index contributed by atoms with van der Waals surface area (Å²) in [7, 11) is 1.89. The molecule has 0 aromatic carbocycles. The molecule has 0 spiro atoms. The van der Waals surface area contributed by atoms with E-state index in [-0.39, 0.29) is 24.2 Å². The third-order valence-electron chi connectivity index (χ3n) is 3.64. The third-order valence-corrected chi connectivity index (χ3v) is 3.64. The minimum absolute atomic E-state index is 0. The summed E-state index contributed by atoms with van der Waals surface area (Å²) in [5.74, 6) is 1.25. The van der Waals surface area contributed by atoms with Crippen molar-refractivity contribution in [2.24, 2.45) is 11.8 Å². The van der Waals surface area contributed by atoms with Crippen LogP contribution in [-0.4, -0.2) is 50.7 Å². The first-order valence-corrected chi connectivity index (χ1v) is 6.81. The SMILES string of the molecule is CN(CCOCC1CC1)C(=O)[C@@H]1CCCNC1.Cl. The maximum atomic E-state index is 12.1. The second-order valence-electron chi connectivity index (χ2n) is 5.32. The van der Waals surface area contributed by atoms with E-state index >= 15 is 0 Å². The van der Waals surface area contributed by atoms with Gasteiger partial charge in [0, 0.05) is 26.7 Å². The number of carbonyl (C=O) groups is 1. The Morgan fingerprint density at radius 1 is 1.39 bits per heavy atom. The Morgan fingerprint density at radius 2 is 2.17 bits per heavy atom. The summed E-state index contributed by atoms with van der Waals surface area (Å²) in [4.78, 5) is 13.9. The molecule has 2 rings (SSSR count). The van der Waals surface area contributed by atoms with Crippen molar-refractivity contribution >= 4 is 18.3 Å². The van der Waals surface area contributed by atoms with Gasteiger partial charge in [0.1, 0.15) is 0 Å². The van der Waals surface area contributed by atoms with Crippen molar-refractivity contribution in [3.05, 3.63) is 0 Å². The number of hydrogen-bond donors (Lipinski definition) is 1. The fraction of sp³-hybridized carbons (Fsp3) is 0.923. The zero-order valence-corrected chi connectivity index (χ0v) is 12.0. The van der Waals surface area contributed by atoms with Gasteiger partial charge in [-0.15, -0.1) is 12.4 Å². The van der Waals surface area contributed by atoms with Crippen molar-refractivity contribution in [3.63, 3.8) is 0 Å². The molecule has 0 radical (unpaired) electrons. The lowest BCUT2D eigenvalue weighted by atomic mass is 9.98. The average molecular weight is 277 g/mol. The lowest BCUT2D eigenvalue weighted by molar-refractivity contribution is -0.135. The summed E-state index contributed by atoms with van der Waals surface area (Å²) in [6.07, 6.45) is 4.78. The first kappa shape index (κ1) is 15.7. The largest absolute Gasteiger partial charge is 0.379 e. The van der Waals surface area contributed by atoms with Crippen LogP contribution >= 0.6 is 12.4 Å². The van der Waals surface area contributed by atoms with Crippen molar-refractivity contribution in [1.29, 1.82) is 0 Å². The van der Waals surface area contributed by atoms with Gasteiger partial charge in [0.15, 0.2) is 0 Å². The molecule has 1 amide bonds. The summed E-state index contributed by atoms with van der Waals surface area (Å²) < 4.78 is 5.56. The maximum Gasteiger partial charge on any atom is 0.226 e. The van der Waals surface area contributed by atoms with E-state index in [0.717, 1.165) is 45.0 Å². The molecule has 1 heterocycles. The number of amides is 1. The highest BCUT2D eigenvalue weighted by Crippen LogP contribution is 2.28. The van der Waals surface area contributed by atoms with Crippen LogP contribution in [0.4, 0.5) is 0 Å². The summed E-state index contributed by atoms with van der Waals surface area (Å²) in [6, 6.07) is 0. The highest BCUT2D eigenvalue weighted by atomic mass is 35.5. The van der Waals surface area contributed by atoms with Crippen LogP contribution in [0.15, 0.2) is 0 Å². The number of likely N-dealkylation sites (N-methyl/N-ethyl adjacent to an activating group) is 1. The molecule has 0 aromatic rings. The van der Waals surface area contributed by atoms with Gasteiger partial charge < -0.3 is 15.0 Å². The van der Waals surface area contributed by atoms with Crippen LogP contribution in [0.25, 0.3) is 0 Å². The molecule has 106 valence electrons. The van der Waals surface area contributed by atoms with Crippen LogP contribution in [0, 0.1) is 11.8 Å². The van der Waals surface area contributed by atoms with Gasteiger partial charge in [0.05, 0.1) is 12.5 Å². The molecule has 0 aromatic heterocycles. The monoisotopic (exact) mass is 276 g/mol. The molecule has 1 saturated heterocycles.